The summed E-state index contributed by atoms with van der Waals surface area (Å²) in [7, 11) is 0. The van der Waals surface area contributed by atoms with E-state index in [0.29, 0.717) is 24.0 Å². The molecule has 0 aliphatic rings. The van der Waals surface area contributed by atoms with Gasteiger partial charge >= 0.3 is 6.36 Å². The highest BCUT2D eigenvalue weighted by molar-refractivity contribution is 14.0. The van der Waals surface area contributed by atoms with Crippen LogP contribution in [0.4, 0.5) is 13.2 Å². The van der Waals surface area contributed by atoms with Gasteiger partial charge in [0, 0.05) is 12.6 Å². The fourth-order valence-corrected chi connectivity index (χ4v) is 1.88. The van der Waals surface area contributed by atoms with Crippen molar-refractivity contribution in [1.82, 2.24) is 10.6 Å². The summed E-state index contributed by atoms with van der Waals surface area (Å²) in [6.45, 7) is 8.90. The van der Waals surface area contributed by atoms with Gasteiger partial charge in [-0.05, 0) is 37.5 Å². The molecule has 0 aliphatic heterocycles. The molecule has 0 saturated heterocycles. The van der Waals surface area contributed by atoms with Crippen LogP contribution in [0.25, 0.3) is 0 Å². The number of aliphatic hydroxyl groups is 1. The normalized spacial score (nSPS) is 14.4. The SMILES string of the molecule is CCNC(=NCC(O)c1ccc(OC(F)(F)F)cc1)NC(C)C(C)C.I. The van der Waals surface area contributed by atoms with Gasteiger partial charge < -0.3 is 20.5 Å². The molecular formula is C17H27F3IN3O2. The average molecular weight is 489 g/mol. The van der Waals surface area contributed by atoms with E-state index in [1.807, 2.05) is 13.8 Å². The Bertz CT molecular complexity index is 551. The van der Waals surface area contributed by atoms with Gasteiger partial charge in [0.1, 0.15) is 5.75 Å². The molecule has 150 valence electrons. The highest BCUT2D eigenvalue weighted by Gasteiger charge is 2.31. The summed E-state index contributed by atoms with van der Waals surface area (Å²) in [4.78, 5) is 4.33. The molecule has 5 nitrogen and oxygen atoms in total. The van der Waals surface area contributed by atoms with Gasteiger partial charge in [0.2, 0.25) is 0 Å². The van der Waals surface area contributed by atoms with Gasteiger partial charge in [-0.3, -0.25) is 4.99 Å². The lowest BCUT2D eigenvalue weighted by atomic mass is 10.1. The van der Waals surface area contributed by atoms with Crippen molar-refractivity contribution in [3.8, 4) is 5.75 Å². The number of benzene rings is 1. The summed E-state index contributed by atoms with van der Waals surface area (Å²) >= 11 is 0. The maximum atomic E-state index is 12.1. The summed E-state index contributed by atoms with van der Waals surface area (Å²) in [5.41, 5.74) is 0.464. The molecule has 1 aromatic rings. The fourth-order valence-electron chi connectivity index (χ4n) is 1.88. The van der Waals surface area contributed by atoms with E-state index in [9.17, 15) is 18.3 Å². The molecule has 26 heavy (non-hydrogen) atoms. The second kappa shape index (κ2) is 11.5. The van der Waals surface area contributed by atoms with Crippen LogP contribution < -0.4 is 15.4 Å². The third-order valence-electron chi connectivity index (χ3n) is 3.63. The highest BCUT2D eigenvalue weighted by atomic mass is 127. The quantitative estimate of drug-likeness (QED) is 0.310. The second-order valence-corrected chi connectivity index (χ2v) is 6.03. The first kappa shape index (κ1) is 24.8. The molecule has 1 aromatic carbocycles. The van der Waals surface area contributed by atoms with Gasteiger partial charge in [-0.15, -0.1) is 37.1 Å². The third kappa shape index (κ3) is 9.46. The van der Waals surface area contributed by atoms with Gasteiger partial charge in [0.25, 0.3) is 0 Å². The molecule has 0 amide bonds. The van der Waals surface area contributed by atoms with E-state index in [-0.39, 0.29) is 42.3 Å². The molecule has 9 heteroatoms. The minimum absolute atomic E-state index is 0. The molecule has 0 aromatic heterocycles. The predicted octanol–water partition coefficient (Wildman–Crippen LogP) is 3.84. The van der Waals surface area contributed by atoms with Crippen LogP contribution in [0.2, 0.25) is 0 Å². The number of alkyl halides is 3. The molecule has 0 aliphatic carbocycles. The summed E-state index contributed by atoms with van der Waals surface area (Å²) in [6.07, 6.45) is -5.66. The molecule has 2 atom stereocenters. The van der Waals surface area contributed by atoms with Crippen LogP contribution in [0.5, 0.6) is 5.75 Å². The third-order valence-corrected chi connectivity index (χ3v) is 3.63. The minimum atomic E-state index is -4.73. The molecule has 0 saturated carbocycles. The van der Waals surface area contributed by atoms with E-state index in [4.69, 9.17) is 0 Å². The lowest BCUT2D eigenvalue weighted by molar-refractivity contribution is -0.274. The van der Waals surface area contributed by atoms with Crippen molar-refractivity contribution in [2.75, 3.05) is 13.1 Å². The zero-order valence-electron chi connectivity index (χ0n) is 15.3. The molecule has 2 unspecified atom stereocenters. The van der Waals surface area contributed by atoms with Crippen LogP contribution in [0.15, 0.2) is 29.3 Å². The zero-order chi connectivity index (χ0) is 19.0. The lowest BCUT2D eigenvalue weighted by Crippen LogP contribution is -2.44. The Hall–Kier alpha value is -1.23. The Morgan fingerprint density at radius 3 is 2.23 bits per heavy atom. The molecule has 0 radical (unpaired) electrons. The molecule has 1 rings (SSSR count). The number of hydrogen-bond acceptors (Lipinski definition) is 3. The van der Waals surface area contributed by atoms with Crippen LogP contribution in [0, 0.1) is 5.92 Å². The van der Waals surface area contributed by atoms with Crippen molar-refractivity contribution >= 4 is 29.9 Å². The Morgan fingerprint density at radius 1 is 1.19 bits per heavy atom. The fraction of sp³-hybridized carbons (Fsp3) is 0.588. The Kier molecular flexibility index (Phi) is 10.9. The van der Waals surface area contributed by atoms with E-state index in [1.54, 1.807) is 0 Å². The average Bonchev–Trinajstić information content (AvgIpc) is 2.51. The number of rotatable bonds is 7. The maximum absolute atomic E-state index is 12.1. The van der Waals surface area contributed by atoms with Gasteiger partial charge in [-0.25, -0.2) is 0 Å². The number of nitrogens with zero attached hydrogens (tertiary/aromatic N) is 1. The molecule has 0 fully saturated rings. The monoisotopic (exact) mass is 489 g/mol. The number of aliphatic imine (C=N–C) groups is 1. The van der Waals surface area contributed by atoms with Crippen LogP contribution in [-0.2, 0) is 0 Å². The minimum Gasteiger partial charge on any atom is -0.406 e. The molecule has 0 bridgehead atoms. The van der Waals surface area contributed by atoms with E-state index >= 15 is 0 Å². The van der Waals surface area contributed by atoms with Crippen molar-refractivity contribution in [2.45, 2.75) is 46.2 Å². The largest absolute Gasteiger partial charge is 0.573 e. The van der Waals surface area contributed by atoms with Gasteiger partial charge in [-0.2, -0.15) is 0 Å². The van der Waals surface area contributed by atoms with Crippen LogP contribution in [-0.4, -0.2) is 36.6 Å². The number of ether oxygens (including phenoxy) is 1. The maximum Gasteiger partial charge on any atom is 0.573 e. The van der Waals surface area contributed by atoms with Crippen molar-refractivity contribution in [3.05, 3.63) is 29.8 Å². The van der Waals surface area contributed by atoms with E-state index in [2.05, 4.69) is 34.2 Å². The molecule has 3 N–H and O–H groups in total. The smallest absolute Gasteiger partial charge is 0.406 e. The number of nitrogens with one attached hydrogen (secondary N) is 2. The number of hydrogen-bond donors (Lipinski definition) is 3. The zero-order valence-corrected chi connectivity index (χ0v) is 17.6. The van der Waals surface area contributed by atoms with Crippen molar-refractivity contribution in [1.29, 1.82) is 0 Å². The first-order valence-corrected chi connectivity index (χ1v) is 8.21. The van der Waals surface area contributed by atoms with Crippen LogP contribution >= 0.6 is 24.0 Å². The van der Waals surface area contributed by atoms with Crippen LogP contribution in [0.1, 0.15) is 39.4 Å². The summed E-state index contributed by atoms with van der Waals surface area (Å²) in [5.74, 6) is 0.669. The molecule has 0 heterocycles. The second-order valence-electron chi connectivity index (χ2n) is 6.03. The van der Waals surface area contributed by atoms with Crippen LogP contribution in [0.3, 0.4) is 0 Å². The Balaban J connectivity index is 0.00000625. The first-order valence-electron chi connectivity index (χ1n) is 8.21. The van der Waals surface area contributed by atoms with Gasteiger partial charge in [0.05, 0.1) is 12.6 Å². The van der Waals surface area contributed by atoms with Crippen molar-refractivity contribution in [3.63, 3.8) is 0 Å². The summed E-state index contributed by atoms with van der Waals surface area (Å²) in [5, 5.41) is 16.5. The van der Waals surface area contributed by atoms with E-state index < -0.39 is 12.5 Å². The standard InChI is InChI=1S/C17H26F3N3O2.HI/c1-5-21-16(23-12(4)11(2)3)22-10-15(24)13-6-8-14(9-7-13)25-17(18,19)20;/h6-9,11-12,15,24H,5,10H2,1-4H3,(H2,21,22,23);1H. The molecule has 0 spiro atoms. The first-order chi connectivity index (χ1) is 11.6. The Labute approximate surface area is 169 Å². The summed E-state index contributed by atoms with van der Waals surface area (Å²) < 4.78 is 40.2. The topological polar surface area (TPSA) is 65.9 Å². The van der Waals surface area contributed by atoms with E-state index in [1.165, 1.54) is 24.3 Å². The number of halogens is 4. The van der Waals surface area contributed by atoms with Crippen molar-refractivity contribution < 1.29 is 23.0 Å². The predicted molar refractivity (Wildman–Crippen MR) is 107 cm³/mol. The summed E-state index contributed by atoms with van der Waals surface area (Å²) in [6, 6.07) is 5.31. The number of guanidine groups is 1. The number of aliphatic hydroxyl groups excluding tert-OH is 1. The van der Waals surface area contributed by atoms with Gasteiger partial charge in [-0.1, -0.05) is 26.0 Å². The highest BCUT2D eigenvalue weighted by Crippen LogP contribution is 2.24. The van der Waals surface area contributed by atoms with Crippen molar-refractivity contribution in [2.24, 2.45) is 10.9 Å². The van der Waals surface area contributed by atoms with Gasteiger partial charge in [0.15, 0.2) is 5.96 Å². The lowest BCUT2D eigenvalue weighted by Gasteiger charge is -2.21. The molecular weight excluding hydrogens is 462 g/mol. The Morgan fingerprint density at radius 2 is 1.77 bits per heavy atom. The van der Waals surface area contributed by atoms with E-state index in [0.717, 1.165) is 0 Å².